The number of hydrogen-bond donors (Lipinski definition) is 4. The summed E-state index contributed by atoms with van der Waals surface area (Å²) in [5.41, 5.74) is -0.476. The Morgan fingerprint density at radius 1 is 1.03 bits per heavy atom. The molecule has 5 rings (SSSR count). The Labute approximate surface area is 426 Å². The summed E-state index contributed by atoms with van der Waals surface area (Å²) in [5.74, 6) is -6.28. The van der Waals surface area contributed by atoms with Crippen molar-refractivity contribution in [1.82, 2.24) is 45.9 Å². The van der Waals surface area contributed by atoms with Crippen molar-refractivity contribution in [1.29, 1.82) is 0 Å². The topological polar surface area (TPSA) is 211 Å². The van der Waals surface area contributed by atoms with Crippen LogP contribution in [0.3, 0.4) is 0 Å². The number of alkyl halides is 4. The van der Waals surface area contributed by atoms with Gasteiger partial charge in [0.25, 0.3) is 5.91 Å². The number of aromatic nitrogens is 1. The molecule has 0 unspecified atom stereocenters. The van der Waals surface area contributed by atoms with E-state index in [1.807, 2.05) is 20.8 Å². The molecule has 2 aromatic rings. The molecule has 23 heteroatoms. The van der Waals surface area contributed by atoms with Crippen molar-refractivity contribution in [3.8, 4) is 0 Å². The SMILES string of the molecule is CCC[C@H]1NC(=O)[C@H](Cc2cccc(Cl)c2)N(CC)C(=O)[C@H](CC(C)C)NC(=O)[C@@H](N(C)C(=O)[C@H](CCCNC(=O)c2cscn2)NC(=O)[C@@H]2C[C@@H](F)CN2C(=O)C2(C(F)(F)F)CC2)CCCCN(C)C1=O. The summed E-state index contributed by atoms with van der Waals surface area (Å²) in [6.45, 7) is 6.71. The number of hydrogen-bond acceptors (Lipinski definition) is 10. The summed E-state index contributed by atoms with van der Waals surface area (Å²) in [4.78, 5) is 122. The van der Waals surface area contributed by atoms with Gasteiger partial charge in [-0.1, -0.05) is 50.9 Å². The van der Waals surface area contributed by atoms with Gasteiger partial charge >= 0.3 is 6.18 Å². The van der Waals surface area contributed by atoms with Crippen LogP contribution in [0, 0.1) is 11.3 Å². The molecule has 3 aliphatic rings. The molecule has 72 heavy (non-hydrogen) atoms. The van der Waals surface area contributed by atoms with Gasteiger partial charge in [0.1, 0.15) is 53.5 Å². The van der Waals surface area contributed by atoms with Crippen LogP contribution in [0.2, 0.25) is 5.02 Å². The Bertz CT molecular complexity index is 2250. The number of amides is 8. The van der Waals surface area contributed by atoms with E-state index in [0.717, 1.165) is 4.90 Å². The monoisotopic (exact) mass is 1050 g/mol. The van der Waals surface area contributed by atoms with Crippen molar-refractivity contribution in [2.24, 2.45) is 11.3 Å². The lowest BCUT2D eigenvalue weighted by atomic mass is 9.97. The average Bonchev–Trinajstić information content (AvgIpc) is 3.79. The summed E-state index contributed by atoms with van der Waals surface area (Å²) in [5, 5.41) is 13.0. The normalized spacial score (nSPS) is 23.9. The number of carbonyl (C=O) groups is 8. The first kappa shape index (κ1) is 57.5. The van der Waals surface area contributed by atoms with Gasteiger partial charge in [-0.3, -0.25) is 38.4 Å². The highest BCUT2D eigenvalue weighted by Crippen LogP contribution is 2.59. The molecule has 2 aliphatic heterocycles. The molecule has 17 nitrogen and oxygen atoms in total. The Kier molecular flexibility index (Phi) is 20.4. The number of nitrogens with one attached hydrogen (secondary N) is 4. The number of rotatable bonds is 17. The van der Waals surface area contributed by atoms with Crippen molar-refractivity contribution >= 4 is 70.2 Å². The molecular formula is C49H68ClF4N9O8S. The summed E-state index contributed by atoms with van der Waals surface area (Å²) < 4.78 is 57.4. The summed E-state index contributed by atoms with van der Waals surface area (Å²) in [7, 11) is 2.91. The molecule has 7 atom stereocenters. The van der Waals surface area contributed by atoms with Crippen LogP contribution in [0.1, 0.15) is 114 Å². The largest absolute Gasteiger partial charge is 0.403 e. The number of carbonyl (C=O) groups excluding carboxylic acids is 8. The third-order valence-electron chi connectivity index (χ3n) is 13.6. The second kappa shape index (κ2) is 25.5. The highest BCUT2D eigenvalue weighted by molar-refractivity contribution is 7.07. The molecule has 0 spiro atoms. The van der Waals surface area contributed by atoms with Gasteiger partial charge in [0, 0.05) is 57.0 Å². The second-order valence-corrected chi connectivity index (χ2v) is 20.6. The first-order valence-corrected chi connectivity index (χ1v) is 26.0. The van der Waals surface area contributed by atoms with Crippen molar-refractivity contribution in [3.05, 3.63) is 51.4 Å². The maximum atomic E-state index is 15.0. The predicted octanol–water partition coefficient (Wildman–Crippen LogP) is 4.82. The van der Waals surface area contributed by atoms with Gasteiger partial charge in [-0.05, 0) is 88.3 Å². The van der Waals surface area contributed by atoms with Crippen LogP contribution in [-0.2, 0) is 40.0 Å². The van der Waals surface area contributed by atoms with E-state index in [9.17, 15) is 51.5 Å². The standard InChI is InChI=1S/C49H68ClF4N9O8S/c1-7-13-33-44(68)60(5)21-10-9-17-37(41(65)59-35(22-29(3)4)46(70)62(8-2)38(42(66)57-33)24-30-14-11-15-31(50)23-30)61(6)45(69)34(16-12-20-55-40(64)36-27-72-28-56-36)58-43(67)39-25-32(51)26-63(39)47(71)48(18-19-48)49(52,53)54/h11,14-15,23,27-29,32-35,37-39H,7-10,12-13,16-22,24-26H2,1-6H3,(H,55,64)(H,57,66)(H,58,67)(H,59,65)/t32-,33-,34+,35+,37+,38+,39+/m1/s1. The van der Waals surface area contributed by atoms with Crippen LogP contribution in [0.25, 0.3) is 0 Å². The van der Waals surface area contributed by atoms with E-state index in [1.54, 1.807) is 38.2 Å². The van der Waals surface area contributed by atoms with Crippen molar-refractivity contribution in [2.45, 2.75) is 153 Å². The quantitative estimate of drug-likeness (QED) is 0.126. The molecule has 1 aromatic heterocycles. The van der Waals surface area contributed by atoms with E-state index < -0.39 is 121 Å². The lowest BCUT2D eigenvalue weighted by molar-refractivity contribution is -0.199. The number of halogens is 5. The zero-order valence-corrected chi connectivity index (χ0v) is 43.3. The van der Waals surface area contributed by atoms with Gasteiger partial charge < -0.3 is 40.9 Å². The minimum Gasteiger partial charge on any atom is -0.351 e. The van der Waals surface area contributed by atoms with Crippen LogP contribution >= 0.6 is 22.9 Å². The molecule has 4 N–H and O–H groups in total. The first-order chi connectivity index (χ1) is 34.0. The Hall–Kier alpha value is -5.38. The zero-order valence-electron chi connectivity index (χ0n) is 41.7. The van der Waals surface area contributed by atoms with Gasteiger partial charge in [0.2, 0.25) is 41.4 Å². The Morgan fingerprint density at radius 2 is 1.74 bits per heavy atom. The highest BCUT2D eigenvalue weighted by Gasteiger charge is 2.70. The van der Waals surface area contributed by atoms with Crippen molar-refractivity contribution in [2.75, 3.05) is 40.3 Å². The maximum Gasteiger partial charge on any atom is 0.403 e. The van der Waals surface area contributed by atoms with Gasteiger partial charge in [0.05, 0.1) is 12.1 Å². The fraction of sp³-hybridized carbons (Fsp3) is 0.653. The van der Waals surface area contributed by atoms with Crippen LogP contribution in [-0.4, -0.2) is 161 Å². The first-order valence-electron chi connectivity index (χ1n) is 24.7. The molecule has 3 fully saturated rings. The average molecular weight is 1050 g/mol. The third-order valence-corrected chi connectivity index (χ3v) is 14.4. The van der Waals surface area contributed by atoms with Crippen molar-refractivity contribution in [3.63, 3.8) is 0 Å². The number of likely N-dealkylation sites (tertiary alicyclic amines) is 1. The third kappa shape index (κ3) is 14.4. The molecule has 0 radical (unpaired) electrons. The van der Waals surface area contributed by atoms with Crippen LogP contribution in [0.15, 0.2) is 35.2 Å². The van der Waals surface area contributed by atoms with Crippen LogP contribution in [0.4, 0.5) is 17.6 Å². The summed E-state index contributed by atoms with van der Waals surface area (Å²) in [6, 6.07) is -0.981. The van der Waals surface area contributed by atoms with E-state index in [0.29, 0.717) is 34.7 Å². The number of thiazole rings is 1. The van der Waals surface area contributed by atoms with E-state index >= 15 is 4.39 Å². The zero-order chi connectivity index (χ0) is 53.1. The smallest absolute Gasteiger partial charge is 0.351 e. The van der Waals surface area contributed by atoms with Gasteiger partial charge in [0.15, 0.2) is 0 Å². The van der Waals surface area contributed by atoms with Gasteiger partial charge in [-0.2, -0.15) is 13.2 Å². The minimum absolute atomic E-state index is 0.00102. The molecular weight excluding hydrogens is 986 g/mol. The molecule has 3 heterocycles. The second-order valence-electron chi connectivity index (χ2n) is 19.5. The summed E-state index contributed by atoms with van der Waals surface area (Å²) >= 11 is 7.54. The molecule has 398 valence electrons. The van der Waals surface area contributed by atoms with E-state index in [4.69, 9.17) is 11.6 Å². The van der Waals surface area contributed by atoms with Gasteiger partial charge in [-0.25, -0.2) is 9.37 Å². The lowest BCUT2D eigenvalue weighted by Crippen LogP contribution is -2.61. The molecule has 2 saturated heterocycles. The summed E-state index contributed by atoms with van der Waals surface area (Å²) in [6.07, 6.45) is -6.93. The van der Waals surface area contributed by atoms with Gasteiger partial charge in [-0.15, -0.1) is 11.3 Å². The van der Waals surface area contributed by atoms with Crippen molar-refractivity contribution < 1.29 is 55.9 Å². The van der Waals surface area contributed by atoms with E-state index in [-0.39, 0.29) is 75.7 Å². The number of likely N-dealkylation sites (N-methyl/N-ethyl adjacent to an activating group) is 3. The Morgan fingerprint density at radius 3 is 2.35 bits per heavy atom. The Balaban J connectivity index is 1.48. The van der Waals surface area contributed by atoms with E-state index in [1.165, 1.54) is 39.1 Å². The lowest BCUT2D eigenvalue weighted by Gasteiger charge is -2.37. The maximum absolute atomic E-state index is 15.0. The molecule has 1 saturated carbocycles. The number of benzene rings is 1. The fourth-order valence-corrected chi connectivity index (χ4v) is 10.2. The van der Waals surface area contributed by atoms with Crippen LogP contribution in [0.5, 0.6) is 0 Å². The number of nitrogens with zero attached hydrogens (tertiary/aromatic N) is 5. The minimum atomic E-state index is -4.93. The van der Waals surface area contributed by atoms with Crippen LogP contribution < -0.4 is 21.3 Å². The highest BCUT2D eigenvalue weighted by atomic mass is 35.5. The molecule has 8 amide bonds. The molecule has 1 aliphatic carbocycles. The van der Waals surface area contributed by atoms with E-state index in [2.05, 4.69) is 26.3 Å². The molecule has 1 aromatic carbocycles. The fourth-order valence-electron chi connectivity index (χ4n) is 9.42. The predicted molar refractivity (Wildman–Crippen MR) is 261 cm³/mol. The molecule has 0 bridgehead atoms.